The van der Waals surface area contributed by atoms with Gasteiger partial charge in [0.1, 0.15) is 5.82 Å². The minimum absolute atomic E-state index is 0.0626. The van der Waals surface area contributed by atoms with Gasteiger partial charge >= 0.3 is 0 Å². The normalized spacial score (nSPS) is 17.2. The van der Waals surface area contributed by atoms with Crippen molar-refractivity contribution >= 4 is 17.2 Å². The third-order valence-electron chi connectivity index (χ3n) is 4.96. The fourth-order valence-electron chi connectivity index (χ4n) is 3.61. The Morgan fingerprint density at radius 1 is 1.32 bits per heavy atom. The molecule has 1 atom stereocenters. The van der Waals surface area contributed by atoms with E-state index in [1.54, 1.807) is 16.8 Å². The number of hydrogen-bond acceptors (Lipinski definition) is 6. The molecule has 1 N–H and O–H groups in total. The van der Waals surface area contributed by atoms with Crippen LogP contribution in [0.1, 0.15) is 24.5 Å². The summed E-state index contributed by atoms with van der Waals surface area (Å²) in [5.41, 5.74) is 0.635. The van der Waals surface area contributed by atoms with Crippen molar-refractivity contribution in [1.29, 1.82) is 0 Å². The number of amides is 1. The largest absolute Gasteiger partial charge is 0.374 e. The summed E-state index contributed by atoms with van der Waals surface area (Å²) in [5.74, 6) is 0.511. The van der Waals surface area contributed by atoms with E-state index in [0.29, 0.717) is 30.6 Å². The zero-order chi connectivity index (χ0) is 21.8. The Labute approximate surface area is 184 Å². The third kappa shape index (κ3) is 5.36. The maximum Gasteiger partial charge on any atom is 0.291 e. The molecular weight excluding hydrogens is 417 g/mol. The molecule has 1 aromatic carbocycles. The van der Waals surface area contributed by atoms with E-state index in [4.69, 9.17) is 4.74 Å². The number of morpholine rings is 1. The minimum Gasteiger partial charge on any atom is -0.374 e. The lowest BCUT2D eigenvalue weighted by Crippen LogP contribution is -2.48. The summed E-state index contributed by atoms with van der Waals surface area (Å²) < 4.78 is 20.7. The van der Waals surface area contributed by atoms with Gasteiger partial charge in [-0.1, -0.05) is 19.9 Å². The van der Waals surface area contributed by atoms with E-state index >= 15 is 0 Å². The molecule has 2 aromatic heterocycles. The number of thiophene rings is 1. The molecule has 0 aliphatic carbocycles. The average Bonchev–Trinajstić information content (AvgIpc) is 3.42. The van der Waals surface area contributed by atoms with Crippen LogP contribution in [0.3, 0.4) is 0 Å². The van der Waals surface area contributed by atoms with Crippen LogP contribution in [-0.4, -0.2) is 64.5 Å². The highest BCUT2D eigenvalue weighted by molar-refractivity contribution is 7.13. The highest BCUT2D eigenvalue weighted by atomic mass is 32.1. The molecule has 0 radical (unpaired) electrons. The van der Waals surface area contributed by atoms with E-state index in [1.807, 2.05) is 17.5 Å². The summed E-state index contributed by atoms with van der Waals surface area (Å²) in [6.45, 7) is 8.16. The second-order valence-corrected chi connectivity index (χ2v) is 8.93. The molecule has 1 fully saturated rings. The van der Waals surface area contributed by atoms with Crippen molar-refractivity contribution in [2.45, 2.75) is 20.0 Å². The molecular formula is C22H26FN5O2S. The second kappa shape index (κ2) is 9.67. The fourth-order valence-corrected chi connectivity index (χ4v) is 4.31. The number of ether oxygens (including phenoxy) is 1. The highest BCUT2D eigenvalue weighted by Gasteiger charge is 2.24. The molecule has 1 aliphatic heterocycles. The van der Waals surface area contributed by atoms with Gasteiger partial charge in [0.25, 0.3) is 5.91 Å². The summed E-state index contributed by atoms with van der Waals surface area (Å²) in [6, 6.07) is 9.77. The fraction of sp³-hybridized carbons (Fsp3) is 0.409. The number of nitrogens with one attached hydrogen (secondary N) is 1. The number of halogens is 1. The van der Waals surface area contributed by atoms with Crippen LogP contribution >= 0.6 is 11.3 Å². The minimum atomic E-state index is -0.358. The Hall–Kier alpha value is -2.62. The number of nitrogens with zero attached hydrogens (tertiary/aromatic N) is 4. The Bertz CT molecular complexity index is 1000. The van der Waals surface area contributed by atoms with Crippen molar-refractivity contribution < 1.29 is 13.9 Å². The van der Waals surface area contributed by atoms with Gasteiger partial charge in [-0.15, -0.1) is 16.4 Å². The van der Waals surface area contributed by atoms with Gasteiger partial charge in [0.15, 0.2) is 5.82 Å². The van der Waals surface area contributed by atoms with E-state index in [0.717, 1.165) is 24.5 Å². The van der Waals surface area contributed by atoms with Gasteiger partial charge in [0.05, 0.1) is 23.3 Å². The van der Waals surface area contributed by atoms with Gasteiger partial charge in [-0.3, -0.25) is 9.69 Å². The first-order chi connectivity index (χ1) is 15.0. The van der Waals surface area contributed by atoms with Crippen LogP contribution in [-0.2, 0) is 4.74 Å². The van der Waals surface area contributed by atoms with Crippen LogP contribution in [0.25, 0.3) is 16.4 Å². The number of aromatic nitrogens is 3. The van der Waals surface area contributed by atoms with E-state index in [9.17, 15) is 9.18 Å². The third-order valence-corrected chi connectivity index (χ3v) is 5.83. The van der Waals surface area contributed by atoms with Crippen molar-refractivity contribution in [3.8, 4) is 16.4 Å². The van der Waals surface area contributed by atoms with Crippen LogP contribution in [0.2, 0.25) is 0 Å². The topological polar surface area (TPSA) is 72.3 Å². The smallest absolute Gasteiger partial charge is 0.291 e. The molecule has 3 heterocycles. The highest BCUT2D eigenvalue weighted by Crippen LogP contribution is 2.25. The summed E-state index contributed by atoms with van der Waals surface area (Å²) in [5, 5.41) is 9.25. The molecule has 164 valence electrons. The van der Waals surface area contributed by atoms with Crippen LogP contribution < -0.4 is 5.32 Å². The molecule has 1 unspecified atom stereocenters. The number of carbonyl (C=O) groups is 1. The summed E-state index contributed by atoms with van der Waals surface area (Å²) >= 11 is 1.50. The van der Waals surface area contributed by atoms with Crippen LogP contribution in [0.15, 0.2) is 41.8 Å². The summed E-state index contributed by atoms with van der Waals surface area (Å²) in [4.78, 5) is 20.5. The molecule has 31 heavy (non-hydrogen) atoms. The number of carbonyl (C=O) groups excluding carboxylic acids is 1. The lowest BCUT2D eigenvalue weighted by Gasteiger charge is -2.33. The van der Waals surface area contributed by atoms with Crippen molar-refractivity contribution in [3.63, 3.8) is 0 Å². The van der Waals surface area contributed by atoms with Gasteiger partial charge in [-0.05, 0) is 41.6 Å². The molecule has 0 saturated carbocycles. The molecule has 1 saturated heterocycles. The maximum absolute atomic E-state index is 13.4. The molecule has 3 aromatic rings. The molecule has 4 rings (SSSR count). The Kier molecular flexibility index (Phi) is 6.74. The van der Waals surface area contributed by atoms with Crippen LogP contribution in [0.4, 0.5) is 4.39 Å². The van der Waals surface area contributed by atoms with E-state index in [-0.39, 0.29) is 23.7 Å². The van der Waals surface area contributed by atoms with Gasteiger partial charge in [0.2, 0.25) is 5.82 Å². The first kappa shape index (κ1) is 21.6. The summed E-state index contributed by atoms with van der Waals surface area (Å²) in [6.07, 6.45) is -0.0626. The Morgan fingerprint density at radius 2 is 2.13 bits per heavy atom. The first-order valence-corrected chi connectivity index (χ1v) is 11.3. The predicted octanol–water partition coefficient (Wildman–Crippen LogP) is 3.22. The Balaban J connectivity index is 1.48. The average molecular weight is 444 g/mol. The maximum atomic E-state index is 13.4. The molecule has 7 nitrogen and oxygen atoms in total. The standard InChI is InChI=1S/C22H26FN5O2S/c1-15(2)13-27-9-10-30-18(14-27)12-24-22(29)20-25-21(19-4-3-11-31-19)28(26-20)17-7-5-16(23)6-8-17/h3-8,11,15,18H,9-10,12-14H2,1-2H3,(H,24,29). The molecule has 0 spiro atoms. The molecule has 1 amide bonds. The van der Waals surface area contributed by atoms with Gasteiger partial charge in [-0.2, -0.15) is 0 Å². The molecule has 1 aliphatic rings. The van der Waals surface area contributed by atoms with Gasteiger partial charge < -0.3 is 10.1 Å². The Morgan fingerprint density at radius 3 is 2.84 bits per heavy atom. The summed E-state index contributed by atoms with van der Waals surface area (Å²) in [7, 11) is 0. The lowest BCUT2D eigenvalue weighted by molar-refractivity contribution is -0.0296. The number of benzene rings is 1. The van der Waals surface area contributed by atoms with Crippen molar-refractivity contribution in [3.05, 3.63) is 53.4 Å². The lowest BCUT2D eigenvalue weighted by atomic mass is 10.2. The number of rotatable bonds is 7. The quantitative estimate of drug-likeness (QED) is 0.607. The zero-order valence-corrected chi connectivity index (χ0v) is 18.4. The predicted molar refractivity (Wildman–Crippen MR) is 118 cm³/mol. The molecule has 0 bridgehead atoms. The van der Waals surface area contributed by atoms with Crippen molar-refractivity contribution in [1.82, 2.24) is 25.0 Å². The van der Waals surface area contributed by atoms with Gasteiger partial charge in [-0.25, -0.2) is 14.1 Å². The van der Waals surface area contributed by atoms with E-state index in [2.05, 4.69) is 34.1 Å². The van der Waals surface area contributed by atoms with Crippen LogP contribution in [0.5, 0.6) is 0 Å². The number of hydrogen-bond donors (Lipinski definition) is 1. The van der Waals surface area contributed by atoms with Crippen molar-refractivity contribution in [2.75, 3.05) is 32.8 Å². The monoisotopic (exact) mass is 443 g/mol. The second-order valence-electron chi connectivity index (χ2n) is 7.98. The zero-order valence-electron chi connectivity index (χ0n) is 17.6. The van der Waals surface area contributed by atoms with Crippen molar-refractivity contribution in [2.24, 2.45) is 5.92 Å². The molecule has 9 heteroatoms. The first-order valence-electron chi connectivity index (χ1n) is 10.4. The van der Waals surface area contributed by atoms with E-state index in [1.165, 1.54) is 23.5 Å². The van der Waals surface area contributed by atoms with E-state index < -0.39 is 0 Å². The SMILES string of the molecule is CC(C)CN1CCOC(CNC(=O)c2nc(-c3cccs3)n(-c3ccc(F)cc3)n2)C1. The van der Waals surface area contributed by atoms with Crippen LogP contribution in [0, 0.1) is 11.7 Å². The van der Waals surface area contributed by atoms with Gasteiger partial charge in [0, 0.05) is 26.2 Å².